The molecule has 1 aliphatic rings. The first-order valence-electron chi connectivity index (χ1n) is 7.26. The van der Waals surface area contributed by atoms with Crippen LogP contribution in [-0.2, 0) is 0 Å². The molecule has 2 heterocycles. The predicted molar refractivity (Wildman–Crippen MR) is 84.9 cm³/mol. The van der Waals surface area contributed by atoms with Crippen molar-refractivity contribution < 1.29 is 9.47 Å². The second-order valence-electron chi connectivity index (χ2n) is 5.55. The maximum atomic E-state index is 6.16. The molecule has 1 aromatic heterocycles. The third kappa shape index (κ3) is 3.04. The molecule has 2 aromatic rings. The Labute approximate surface area is 128 Å². The van der Waals surface area contributed by atoms with Crippen molar-refractivity contribution in [1.29, 1.82) is 0 Å². The Morgan fingerprint density at radius 3 is 2.71 bits per heavy atom. The topological polar surface area (TPSA) is 57.4 Å². The Bertz CT molecular complexity index is 624. The summed E-state index contributed by atoms with van der Waals surface area (Å²) in [4.78, 5) is 4.67. The van der Waals surface area contributed by atoms with E-state index < -0.39 is 0 Å². The second-order valence-corrected chi connectivity index (χ2v) is 6.44. The van der Waals surface area contributed by atoms with Crippen LogP contribution in [0, 0.1) is 5.92 Å². The molecular weight excluding hydrogens is 284 g/mol. The minimum atomic E-state index is -0.0100. The van der Waals surface area contributed by atoms with Crippen LogP contribution in [0.2, 0.25) is 0 Å². The molecule has 5 heteroatoms. The zero-order chi connectivity index (χ0) is 14.8. The van der Waals surface area contributed by atoms with Crippen LogP contribution in [0.15, 0.2) is 23.6 Å². The molecule has 1 aliphatic heterocycles. The van der Waals surface area contributed by atoms with Crippen LogP contribution in [0.4, 0.5) is 0 Å². The van der Waals surface area contributed by atoms with Gasteiger partial charge in [-0.3, -0.25) is 0 Å². The zero-order valence-corrected chi connectivity index (χ0v) is 13.2. The van der Waals surface area contributed by atoms with E-state index in [-0.39, 0.29) is 6.04 Å². The number of nitrogens with zero attached hydrogens (tertiary/aromatic N) is 1. The fourth-order valence-corrected chi connectivity index (χ4v) is 3.18. The summed E-state index contributed by atoms with van der Waals surface area (Å²) in [5.41, 5.74) is 8.15. The first kappa shape index (κ1) is 14.4. The number of benzene rings is 1. The van der Waals surface area contributed by atoms with Gasteiger partial charge in [0.15, 0.2) is 11.5 Å². The molecule has 4 nitrogen and oxygen atoms in total. The van der Waals surface area contributed by atoms with Gasteiger partial charge in [0, 0.05) is 17.4 Å². The largest absolute Gasteiger partial charge is 0.490 e. The molecular formula is C16H20N2O2S. The molecule has 0 amide bonds. The van der Waals surface area contributed by atoms with Crippen molar-refractivity contribution in [1.82, 2.24) is 4.98 Å². The number of ether oxygens (including phenoxy) is 2. The smallest absolute Gasteiger partial charge is 0.161 e. The van der Waals surface area contributed by atoms with Crippen LogP contribution in [-0.4, -0.2) is 18.2 Å². The van der Waals surface area contributed by atoms with E-state index in [9.17, 15) is 0 Å². The highest BCUT2D eigenvalue weighted by Crippen LogP contribution is 2.35. The van der Waals surface area contributed by atoms with Crippen molar-refractivity contribution in [3.8, 4) is 22.8 Å². The van der Waals surface area contributed by atoms with E-state index in [2.05, 4.69) is 24.2 Å². The summed E-state index contributed by atoms with van der Waals surface area (Å²) in [7, 11) is 0. The first-order chi connectivity index (χ1) is 10.1. The Hall–Kier alpha value is -1.59. The molecule has 0 spiro atoms. The molecule has 3 rings (SSSR count). The van der Waals surface area contributed by atoms with Gasteiger partial charge in [0.25, 0.3) is 0 Å². The molecule has 0 saturated heterocycles. The number of thiazole rings is 1. The number of hydrogen-bond acceptors (Lipinski definition) is 5. The van der Waals surface area contributed by atoms with Crippen molar-refractivity contribution in [3.05, 3.63) is 28.6 Å². The highest BCUT2D eigenvalue weighted by molar-refractivity contribution is 7.10. The summed E-state index contributed by atoms with van der Waals surface area (Å²) in [5.74, 6) is 1.99. The number of fused-ring (bicyclic) bond motifs is 1. The summed E-state index contributed by atoms with van der Waals surface area (Å²) in [6.45, 7) is 5.62. The van der Waals surface area contributed by atoms with Crippen molar-refractivity contribution in [2.24, 2.45) is 11.7 Å². The molecule has 0 aliphatic carbocycles. The maximum absolute atomic E-state index is 6.16. The van der Waals surface area contributed by atoms with E-state index in [1.165, 1.54) is 0 Å². The minimum absolute atomic E-state index is 0.0100. The summed E-state index contributed by atoms with van der Waals surface area (Å²) in [6.07, 6.45) is 0.911. The van der Waals surface area contributed by atoms with Gasteiger partial charge >= 0.3 is 0 Å². The lowest BCUT2D eigenvalue weighted by Gasteiger charge is -2.11. The fraction of sp³-hybridized carbons (Fsp3) is 0.438. The molecule has 0 saturated carbocycles. The Kier molecular flexibility index (Phi) is 4.12. The monoisotopic (exact) mass is 304 g/mol. The molecule has 112 valence electrons. The molecule has 2 N–H and O–H groups in total. The molecule has 0 bridgehead atoms. The minimum Gasteiger partial charge on any atom is -0.490 e. The van der Waals surface area contributed by atoms with Crippen molar-refractivity contribution in [2.75, 3.05) is 13.2 Å². The Morgan fingerprint density at radius 2 is 1.95 bits per heavy atom. The predicted octanol–water partition coefficient (Wildman–Crippen LogP) is 3.63. The molecule has 21 heavy (non-hydrogen) atoms. The summed E-state index contributed by atoms with van der Waals surface area (Å²) in [5, 5.41) is 3.03. The van der Waals surface area contributed by atoms with E-state index in [0.717, 1.165) is 34.2 Å². The normalized spacial score (nSPS) is 15.8. The SMILES string of the molecule is CC(C)C(N)c1nc(-c2ccc3c(c2)OCCCO3)cs1. The lowest BCUT2D eigenvalue weighted by molar-refractivity contribution is 0.297. The third-order valence-corrected chi connectivity index (χ3v) is 4.51. The molecule has 0 fully saturated rings. The van der Waals surface area contributed by atoms with Crippen molar-refractivity contribution >= 4 is 11.3 Å². The molecule has 1 unspecified atom stereocenters. The Morgan fingerprint density at radius 1 is 1.19 bits per heavy atom. The number of rotatable bonds is 3. The first-order valence-corrected chi connectivity index (χ1v) is 8.14. The molecule has 1 aromatic carbocycles. The van der Waals surface area contributed by atoms with Gasteiger partial charge in [-0.1, -0.05) is 13.8 Å². The standard InChI is InChI=1S/C16H20N2O2S/c1-10(2)15(17)16-18-12(9-21-16)11-4-5-13-14(8-11)20-7-3-6-19-13/h4-5,8-10,15H,3,6-7,17H2,1-2H3. The van der Waals surface area contributed by atoms with Gasteiger partial charge in [0.05, 0.1) is 24.9 Å². The van der Waals surface area contributed by atoms with Gasteiger partial charge in [-0.15, -0.1) is 11.3 Å². The van der Waals surface area contributed by atoms with Gasteiger partial charge in [0.2, 0.25) is 0 Å². The molecule has 0 radical (unpaired) electrons. The van der Waals surface area contributed by atoms with E-state index in [1.807, 2.05) is 18.2 Å². The third-order valence-electron chi connectivity index (χ3n) is 3.57. The van der Waals surface area contributed by atoms with Crippen LogP contribution < -0.4 is 15.2 Å². The van der Waals surface area contributed by atoms with Gasteiger partial charge in [0.1, 0.15) is 5.01 Å². The van der Waals surface area contributed by atoms with Crippen LogP contribution in [0.25, 0.3) is 11.3 Å². The lowest BCUT2D eigenvalue weighted by atomic mass is 10.1. The highest BCUT2D eigenvalue weighted by Gasteiger charge is 2.17. The summed E-state index contributed by atoms with van der Waals surface area (Å²) in [6, 6.07) is 5.97. The van der Waals surface area contributed by atoms with Gasteiger partial charge in [-0.25, -0.2) is 4.98 Å². The number of nitrogens with two attached hydrogens (primary N) is 1. The zero-order valence-electron chi connectivity index (χ0n) is 12.3. The number of aromatic nitrogens is 1. The van der Waals surface area contributed by atoms with E-state index in [1.54, 1.807) is 11.3 Å². The van der Waals surface area contributed by atoms with Crippen LogP contribution in [0.3, 0.4) is 0 Å². The van der Waals surface area contributed by atoms with Crippen LogP contribution >= 0.6 is 11.3 Å². The second kappa shape index (κ2) is 6.03. The fourth-order valence-electron chi connectivity index (χ4n) is 2.18. The lowest BCUT2D eigenvalue weighted by Crippen LogP contribution is -2.16. The van der Waals surface area contributed by atoms with Crippen LogP contribution in [0.5, 0.6) is 11.5 Å². The van der Waals surface area contributed by atoms with Gasteiger partial charge < -0.3 is 15.2 Å². The van der Waals surface area contributed by atoms with E-state index in [0.29, 0.717) is 19.1 Å². The quantitative estimate of drug-likeness (QED) is 0.941. The van der Waals surface area contributed by atoms with E-state index >= 15 is 0 Å². The average Bonchev–Trinajstić information content (AvgIpc) is 2.85. The van der Waals surface area contributed by atoms with Gasteiger partial charge in [-0.05, 0) is 24.1 Å². The van der Waals surface area contributed by atoms with Crippen molar-refractivity contribution in [2.45, 2.75) is 26.3 Å². The van der Waals surface area contributed by atoms with E-state index in [4.69, 9.17) is 15.2 Å². The van der Waals surface area contributed by atoms with Crippen molar-refractivity contribution in [3.63, 3.8) is 0 Å². The summed E-state index contributed by atoms with van der Waals surface area (Å²) < 4.78 is 11.4. The Balaban J connectivity index is 1.89. The summed E-state index contributed by atoms with van der Waals surface area (Å²) >= 11 is 1.61. The van der Waals surface area contributed by atoms with Crippen LogP contribution in [0.1, 0.15) is 31.3 Å². The number of hydrogen-bond donors (Lipinski definition) is 1. The van der Waals surface area contributed by atoms with Gasteiger partial charge in [-0.2, -0.15) is 0 Å². The maximum Gasteiger partial charge on any atom is 0.161 e. The highest BCUT2D eigenvalue weighted by atomic mass is 32.1. The average molecular weight is 304 g/mol. The molecule has 1 atom stereocenters.